The highest BCUT2D eigenvalue weighted by molar-refractivity contribution is 6.30. The van der Waals surface area contributed by atoms with Gasteiger partial charge in [0.2, 0.25) is 0 Å². The van der Waals surface area contributed by atoms with Gasteiger partial charge >= 0.3 is 6.03 Å². The third-order valence-electron chi connectivity index (χ3n) is 3.34. The van der Waals surface area contributed by atoms with E-state index in [0.29, 0.717) is 29.6 Å². The molecule has 0 saturated carbocycles. The van der Waals surface area contributed by atoms with Crippen molar-refractivity contribution in [2.75, 3.05) is 18.5 Å². The molecule has 6 nitrogen and oxygen atoms in total. The number of carbonyl (C=O) groups excluding carboxylic acids is 1. The number of ether oxygens (including phenoxy) is 1. The summed E-state index contributed by atoms with van der Waals surface area (Å²) in [5, 5.41) is 10.3. The van der Waals surface area contributed by atoms with Gasteiger partial charge in [0.1, 0.15) is 12.4 Å². The van der Waals surface area contributed by atoms with Gasteiger partial charge in [0, 0.05) is 23.1 Å². The number of amides is 2. The van der Waals surface area contributed by atoms with Gasteiger partial charge in [0.15, 0.2) is 0 Å². The predicted octanol–water partition coefficient (Wildman–Crippen LogP) is 3.73. The lowest BCUT2D eigenvalue weighted by molar-refractivity contribution is 0.247. The van der Waals surface area contributed by atoms with Crippen LogP contribution < -0.4 is 15.4 Å². The molecule has 0 unspecified atom stereocenters. The molecular formula is C18H17ClN4O2. The van der Waals surface area contributed by atoms with Gasteiger partial charge in [-0.1, -0.05) is 17.7 Å². The van der Waals surface area contributed by atoms with Gasteiger partial charge in [-0.2, -0.15) is 5.10 Å². The third kappa shape index (κ3) is 4.99. The molecule has 0 radical (unpaired) electrons. The van der Waals surface area contributed by atoms with Gasteiger partial charge in [-0.3, -0.25) is 0 Å². The summed E-state index contributed by atoms with van der Waals surface area (Å²) in [6, 6.07) is 16.0. The maximum Gasteiger partial charge on any atom is 0.319 e. The van der Waals surface area contributed by atoms with Gasteiger partial charge in [0.05, 0.1) is 12.2 Å². The van der Waals surface area contributed by atoms with E-state index in [1.807, 2.05) is 36.5 Å². The number of nitrogens with one attached hydrogen (secondary N) is 2. The number of benzene rings is 2. The fourth-order valence-corrected chi connectivity index (χ4v) is 2.31. The van der Waals surface area contributed by atoms with E-state index in [1.54, 1.807) is 35.1 Å². The number of hydrogen-bond acceptors (Lipinski definition) is 3. The standard InChI is InChI=1S/C18H17ClN4O2/c19-14-5-7-17(8-6-14)25-12-10-20-18(24)22-15-3-1-4-16(13-15)23-11-2-9-21-23/h1-9,11,13H,10,12H2,(H2,20,22,24). The quantitative estimate of drug-likeness (QED) is 0.661. The van der Waals surface area contributed by atoms with Crippen LogP contribution in [0.4, 0.5) is 10.5 Å². The molecule has 3 aromatic rings. The molecule has 25 heavy (non-hydrogen) atoms. The Morgan fingerprint density at radius 3 is 2.76 bits per heavy atom. The highest BCUT2D eigenvalue weighted by atomic mass is 35.5. The molecular weight excluding hydrogens is 340 g/mol. The molecule has 0 aliphatic carbocycles. The summed E-state index contributed by atoms with van der Waals surface area (Å²) in [5.41, 5.74) is 1.55. The van der Waals surface area contributed by atoms with E-state index in [1.165, 1.54) is 0 Å². The molecule has 0 spiro atoms. The summed E-state index contributed by atoms with van der Waals surface area (Å²) >= 11 is 5.81. The topological polar surface area (TPSA) is 68.2 Å². The molecule has 0 aliphatic heterocycles. The van der Waals surface area contributed by atoms with E-state index in [2.05, 4.69) is 15.7 Å². The SMILES string of the molecule is O=C(NCCOc1ccc(Cl)cc1)Nc1cccc(-n2cccn2)c1. The average molecular weight is 357 g/mol. The largest absolute Gasteiger partial charge is 0.492 e. The maximum absolute atomic E-state index is 11.9. The second-order valence-electron chi connectivity index (χ2n) is 5.18. The van der Waals surface area contributed by atoms with Gasteiger partial charge in [-0.25, -0.2) is 9.48 Å². The van der Waals surface area contributed by atoms with Crippen LogP contribution >= 0.6 is 11.6 Å². The Morgan fingerprint density at radius 2 is 2.00 bits per heavy atom. The van der Waals surface area contributed by atoms with Crippen LogP contribution in [0.25, 0.3) is 5.69 Å². The minimum Gasteiger partial charge on any atom is -0.492 e. The highest BCUT2D eigenvalue weighted by Gasteiger charge is 2.03. The summed E-state index contributed by atoms with van der Waals surface area (Å²) < 4.78 is 7.24. The van der Waals surface area contributed by atoms with Crippen molar-refractivity contribution in [1.29, 1.82) is 0 Å². The number of urea groups is 1. The van der Waals surface area contributed by atoms with Crippen LogP contribution in [-0.4, -0.2) is 29.0 Å². The molecule has 7 heteroatoms. The first-order valence-electron chi connectivity index (χ1n) is 7.74. The summed E-state index contributed by atoms with van der Waals surface area (Å²) in [4.78, 5) is 11.9. The third-order valence-corrected chi connectivity index (χ3v) is 3.59. The monoisotopic (exact) mass is 356 g/mol. The first-order valence-corrected chi connectivity index (χ1v) is 8.12. The molecule has 0 fully saturated rings. The molecule has 0 aliphatic rings. The predicted molar refractivity (Wildman–Crippen MR) is 97.5 cm³/mol. The number of halogens is 1. The molecule has 3 rings (SSSR count). The van der Waals surface area contributed by atoms with Crippen molar-refractivity contribution in [1.82, 2.24) is 15.1 Å². The van der Waals surface area contributed by atoms with Crippen LogP contribution in [0.1, 0.15) is 0 Å². The van der Waals surface area contributed by atoms with Crippen LogP contribution in [0.5, 0.6) is 5.75 Å². The van der Waals surface area contributed by atoms with Crippen molar-refractivity contribution >= 4 is 23.3 Å². The number of anilines is 1. The van der Waals surface area contributed by atoms with Crippen LogP contribution in [0, 0.1) is 0 Å². The fraction of sp³-hybridized carbons (Fsp3) is 0.111. The summed E-state index contributed by atoms with van der Waals surface area (Å²) in [6.07, 6.45) is 3.54. The number of rotatable bonds is 6. The smallest absolute Gasteiger partial charge is 0.319 e. The van der Waals surface area contributed by atoms with E-state index in [4.69, 9.17) is 16.3 Å². The Balaban J connectivity index is 1.45. The normalized spacial score (nSPS) is 10.3. The van der Waals surface area contributed by atoms with Crippen molar-refractivity contribution < 1.29 is 9.53 Å². The van der Waals surface area contributed by atoms with Crippen molar-refractivity contribution in [2.24, 2.45) is 0 Å². The average Bonchev–Trinajstić information content (AvgIpc) is 3.15. The van der Waals surface area contributed by atoms with E-state index in [0.717, 1.165) is 5.69 Å². The van der Waals surface area contributed by atoms with Gasteiger partial charge in [-0.05, 0) is 48.5 Å². The van der Waals surface area contributed by atoms with E-state index < -0.39 is 0 Å². The van der Waals surface area contributed by atoms with Gasteiger partial charge < -0.3 is 15.4 Å². The van der Waals surface area contributed by atoms with Crippen LogP contribution in [-0.2, 0) is 0 Å². The van der Waals surface area contributed by atoms with Gasteiger partial charge in [-0.15, -0.1) is 0 Å². The van der Waals surface area contributed by atoms with Crippen LogP contribution in [0.2, 0.25) is 5.02 Å². The molecule has 128 valence electrons. The Labute approximate surface area is 150 Å². The molecule has 2 N–H and O–H groups in total. The number of aromatic nitrogens is 2. The second kappa shape index (κ2) is 8.21. The first-order chi connectivity index (χ1) is 12.2. The summed E-state index contributed by atoms with van der Waals surface area (Å²) in [7, 11) is 0. The zero-order valence-electron chi connectivity index (χ0n) is 13.4. The molecule has 1 heterocycles. The van der Waals surface area contributed by atoms with Crippen molar-refractivity contribution in [3.05, 3.63) is 72.0 Å². The summed E-state index contributed by atoms with van der Waals surface area (Å²) in [6.45, 7) is 0.746. The maximum atomic E-state index is 11.9. The lowest BCUT2D eigenvalue weighted by Crippen LogP contribution is -2.32. The Kier molecular flexibility index (Phi) is 5.53. The van der Waals surface area contributed by atoms with Gasteiger partial charge in [0.25, 0.3) is 0 Å². The lowest BCUT2D eigenvalue weighted by Gasteiger charge is -2.10. The van der Waals surface area contributed by atoms with Crippen LogP contribution in [0.15, 0.2) is 67.0 Å². The van der Waals surface area contributed by atoms with Crippen molar-refractivity contribution in [3.63, 3.8) is 0 Å². The number of hydrogen-bond donors (Lipinski definition) is 2. The molecule has 0 atom stereocenters. The second-order valence-corrected chi connectivity index (χ2v) is 5.62. The molecule has 1 aromatic heterocycles. The Hall–Kier alpha value is -2.99. The zero-order valence-corrected chi connectivity index (χ0v) is 14.1. The van der Waals surface area contributed by atoms with Crippen molar-refractivity contribution in [3.8, 4) is 11.4 Å². The minimum absolute atomic E-state index is 0.294. The Bertz CT molecular complexity index is 819. The number of nitrogens with zero attached hydrogens (tertiary/aromatic N) is 2. The number of carbonyl (C=O) groups is 1. The molecule has 0 saturated heterocycles. The Morgan fingerprint density at radius 1 is 1.16 bits per heavy atom. The van der Waals surface area contributed by atoms with E-state index >= 15 is 0 Å². The van der Waals surface area contributed by atoms with E-state index in [9.17, 15) is 4.79 Å². The lowest BCUT2D eigenvalue weighted by atomic mass is 10.3. The molecule has 2 amide bonds. The molecule has 0 bridgehead atoms. The minimum atomic E-state index is -0.294. The highest BCUT2D eigenvalue weighted by Crippen LogP contribution is 2.15. The molecule has 2 aromatic carbocycles. The van der Waals surface area contributed by atoms with Crippen LogP contribution in [0.3, 0.4) is 0 Å². The summed E-state index contributed by atoms with van der Waals surface area (Å²) in [5.74, 6) is 0.707. The van der Waals surface area contributed by atoms with Crippen molar-refractivity contribution in [2.45, 2.75) is 0 Å². The zero-order chi connectivity index (χ0) is 17.5. The first kappa shape index (κ1) is 16.9. The van der Waals surface area contributed by atoms with E-state index in [-0.39, 0.29) is 6.03 Å². The fourth-order valence-electron chi connectivity index (χ4n) is 2.19.